The average molecular weight is 430 g/mol. The summed E-state index contributed by atoms with van der Waals surface area (Å²) in [4.78, 5) is 39.3. The Labute approximate surface area is 184 Å². The molecule has 0 radical (unpaired) electrons. The highest BCUT2D eigenvalue weighted by atomic mass is 16.5. The zero-order valence-corrected chi connectivity index (χ0v) is 18.7. The molecule has 3 rings (SSSR count). The molecule has 1 heterocycles. The predicted molar refractivity (Wildman–Crippen MR) is 119 cm³/mol. The summed E-state index contributed by atoms with van der Waals surface area (Å²) in [6, 6.07) is 6.88. The maximum atomic E-state index is 12.9. The van der Waals surface area contributed by atoms with Gasteiger partial charge in [-0.25, -0.2) is 0 Å². The fraction of sp³-hybridized carbons (Fsp3) is 0.625. The van der Waals surface area contributed by atoms with E-state index in [1.807, 2.05) is 29.2 Å². The highest BCUT2D eigenvalue weighted by Gasteiger charge is 2.30. The lowest BCUT2D eigenvalue weighted by Crippen LogP contribution is -2.53. The molecule has 1 saturated heterocycles. The molecule has 3 amide bonds. The van der Waals surface area contributed by atoms with Crippen LogP contribution in [0.5, 0.6) is 5.75 Å². The van der Waals surface area contributed by atoms with Gasteiger partial charge in [-0.15, -0.1) is 0 Å². The van der Waals surface area contributed by atoms with Crippen molar-refractivity contribution in [3.05, 3.63) is 29.8 Å². The van der Waals surface area contributed by atoms with E-state index >= 15 is 0 Å². The highest BCUT2D eigenvalue weighted by Crippen LogP contribution is 2.26. The maximum absolute atomic E-state index is 12.9. The molecule has 1 aliphatic carbocycles. The van der Waals surface area contributed by atoms with Crippen LogP contribution in [-0.4, -0.2) is 54.9 Å². The third-order valence-electron chi connectivity index (χ3n) is 6.40. The van der Waals surface area contributed by atoms with Gasteiger partial charge in [0, 0.05) is 38.4 Å². The van der Waals surface area contributed by atoms with Crippen LogP contribution in [0.4, 0.5) is 0 Å². The van der Waals surface area contributed by atoms with Gasteiger partial charge >= 0.3 is 0 Å². The summed E-state index contributed by atoms with van der Waals surface area (Å²) in [6.45, 7) is 2.79. The van der Waals surface area contributed by atoms with Crippen molar-refractivity contribution in [2.45, 2.75) is 70.4 Å². The Balaban J connectivity index is 1.51. The number of likely N-dealkylation sites (tertiary alicyclic amines) is 1. The van der Waals surface area contributed by atoms with Gasteiger partial charge in [0.05, 0.1) is 7.11 Å². The second-order valence-corrected chi connectivity index (χ2v) is 8.75. The largest absolute Gasteiger partial charge is 0.497 e. The van der Waals surface area contributed by atoms with Gasteiger partial charge in [0.1, 0.15) is 11.8 Å². The lowest BCUT2D eigenvalue weighted by molar-refractivity contribution is -0.138. The first-order chi connectivity index (χ1) is 15.0. The molecule has 1 aliphatic heterocycles. The van der Waals surface area contributed by atoms with E-state index in [1.54, 1.807) is 7.11 Å². The van der Waals surface area contributed by atoms with Crippen LogP contribution >= 0.6 is 0 Å². The van der Waals surface area contributed by atoms with Crippen molar-refractivity contribution in [3.63, 3.8) is 0 Å². The number of nitrogens with zero attached hydrogens (tertiary/aromatic N) is 1. The van der Waals surface area contributed by atoms with Gasteiger partial charge in [-0.05, 0) is 43.4 Å². The molecule has 2 N–H and O–H groups in total. The first-order valence-corrected chi connectivity index (χ1v) is 11.5. The van der Waals surface area contributed by atoms with Crippen LogP contribution in [0.3, 0.4) is 0 Å². The van der Waals surface area contributed by atoms with Crippen molar-refractivity contribution >= 4 is 17.7 Å². The number of piperidine rings is 1. The van der Waals surface area contributed by atoms with Crippen LogP contribution in [-0.2, 0) is 20.8 Å². The minimum Gasteiger partial charge on any atom is -0.497 e. The van der Waals surface area contributed by atoms with Crippen molar-refractivity contribution in [3.8, 4) is 5.75 Å². The number of methoxy groups -OCH3 is 1. The molecule has 1 aromatic carbocycles. The van der Waals surface area contributed by atoms with E-state index in [4.69, 9.17) is 4.74 Å². The molecular weight excluding hydrogens is 394 g/mol. The molecule has 1 saturated carbocycles. The van der Waals surface area contributed by atoms with Crippen molar-refractivity contribution in [1.29, 1.82) is 0 Å². The topological polar surface area (TPSA) is 87.7 Å². The molecule has 0 bridgehead atoms. The number of nitrogens with one attached hydrogen (secondary N) is 2. The summed E-state index contributed by atoms with van der Waals surface area (Å²) in [7, 11) is 1.61. The number of carbonyl (C=O) groups is 3. The average Bonchev–Trinajstić information content (AvgIpc) is 2.79. The monoisotopic (exact) mass is 429 g/mol. The van der Waals surface area contributed by atoms with Crippen LogP contribution in [0.2, 0.25) is 0 Å². The van der Waals surface area contributed by atoms with E-state index in [9.17, 15) is 14.4 Å². The van der Waals surface area contributed by atoms with Crippen LogP contribution in [0.25, 0.3) is 0 Å². The minimum atomic E-state index is -0.632. The van der Waals surface area contributed by atoms with Crippen molar-refractivity contribution in [1.82, 2.24) is 15.5 Å². The van der Waals surface area contributed by atoms with Gasteiger partial charge in [0.2, 0.25) is 17.7 Å². The van der Waals surface area contributed by atoms with Gasteiger partial charge in [0.15, 0.2) is 0 Å². The number of hydrogen-bond acceptors (Lipinski definition) is 4. The summed E-state index contributed by atoms with van der Waals surface area (Å²) in [5.74, 6) is 0.817. The van der Waals surface area contributed by atoms with Crippen LogP contribution in [0, 0.1) is 5.92 Å². The van der Waals surface area contributed by atoms with E-state index in [0.29, 0.717) is 25.4 Å². The Morgan fingerprint density at radius 3 is 2.26 bits per heavy atom. The standard InChI is InChI=1S/C24H35N3O4/c1-17(28)25-22(16-18-8-10-21(31-2)11-9-18)23(29)26-20-12-14-27(15-13-20)24(30)19-6-4-3-5-7-19/h8-11,19-20,22H,3-7,12-16H2,1-2H3,(H,25,28)(H,26,29). The van der Waals surface area contributed by atoms with Crippen LogP contribution in [0.1, 0.15) is 57.4 Å². The summed E-state index contributed by atoms with van der Waals surface area (Å²) < 4.78 is 5.17. The molecule has 7 heteroatoms. The normalized spacial score (nSPS) is 18.8. The first kappa shape index (κ1) is 23.1. The van der Waals surface area contributed by atoms with Gasteiger partial charge in [-0.1, -0.05) is 31.4 Å². The van der Waals surface area contributed by atoms with E-state index in [-0.39, 0.29) is 23.8 Å². The Bertz CT molecular complexity index is 751. The van der Waals surface area contributed by atoms with E-state index < -0.39 is 6.04 Å². The van der Waals surface area contributed by atoms with Crippen molar-refractivity contribution in [2.75, 3.05) is 20.2 Å². The van der Waals surface area contributed by atoms with Gasteiger partial charge in [-0.3, -0.25) is 14.4 Å². The SMILES string of the molecule is COc1ccc(CC(NC(C)=O)C(=O)NC2CCN(C(=O)C3CCCCC3)CC2)cc1. The molecule has 0 aromatic heterocycles. The van der Waals surface area contributed by atoms with E-state index in [1.165, 1.54) is 13.3 Å². The predicted octanol–water partition coefficient (Wildman–Crippen LogP) is 2.43. The number of carbonyl (C=O) groups excluding carboxylic acids is 3. The molecule has 0 spiro atoms. The fourth-order valence-electron chi connectivity index (χ4n) is 4.61. The number of ether oxygens (including phenoxy) is 1. The van der Waals surface area contributed by atoms with Gasteiger partial charge < -0.3 is 20.3 Å². The lowest BCUT2D eigenvalue weighted by Gasteiger charge is -2.36. The third kappa shape index (κ3) is 6.71. The number of benzene rings is 1. The van der Waals surface area contributed by atoms with Crippen LogP contribution in [0.15, 0.2) is 24.3 Å². The molecule has 1 aromatic rings. The Kier molecular flexibility index (Phi) is 8.32. The molecular formula is C24H35N3O4. The number of amides is 3. The fourth-order valence-corrected chi connectivity index (χ4v) is 4.61. The van der Waals surface area contributed by atoms with Crippen LogP contribution < -0.4 is 15.4 Å². The van der Waals surface area contributed by atoms with Gasteiger partial charge in [0.25, 0.3) is 0 Å². The minimum absolute atomic E-state index is 0.0232. The Hall–Kier alpha value is -2.57. The Morgan fingerprint density at radius 1 is 1.03 bits per heavy atom. The molecule has 2 fully saturated rings. The van der Waals surface area contributed by atoms with Gasteiger partial charge in [-0.2, -0.15) is 0 Å². The molecule has 1 unspecified atom stereocenters. The smallest absolute Gasteiger partial charge is 0.243 e. The second-order valence-electron chi connectivity index (χ2n) is 8.75. The molecule has 1 atom stereocenters. The second kappa shape index (κ2) is 11.2. The summed E-state index contributed by atoms with van der Waals surface area (Å²) in [5, 5.41) is 5.86. The zero-order chi connectivity index (χ0) is 22.2. The highest BCUT2D eigenvalue weighted by molar-refractivity contribution is 5.87. The summed E-state index contributed by atoms with van der Waals surface area (Å²) in [5.41, 5.74) is 0.947. The number of hydrogen-bond donors (Lipinski definition) is 2. The molecule has 170 valence electrons. The lowest BCUT2D eigenvalue weighted by atomic mass is 9.87. The Morgan fingerprint density at radius 2 is 1.68 bits per heavy atom. The van der Waals surface area contributed by atoms with Crippen molar-refractivity contribution in [2.24, 2.45) is 5.92 Å². The molecule has 2 aliphatic rings. The third-order valence-corrected chi connectivity index (χ3v) is 6.40. The van der Waals surface area contributed by atoms with E-state index in [2.05, 4.69) is 10.6 Å². The summed E-state index contributed by atoms with van der Waals surface area (Å²) >= 11 is 0. The molecule has 7 nitrogen and oxygen atoms in total. The van der Waals surface area contributed by atoms with Crippen molar-refractivity contribution < 1.29 is 19.1 Å². The van der Waals surface area contributed by atoms with E-state index in [0.717, 1.165) is 49.8 Å². The number of rotatable bonds is 7. The molecule has 31 heavy (non-hydrogen) atoms. The maximum Gasteiger partial charge on any atom is 0.243 e. The quantitative estimate of drug-likeness (QED) is 0.697. The zero-order valence-electron chi connectivity index (χ0n) is 18.7. The summed E-state index contributed by atoms with van der Waals surface area (Å²) in [6.07, 6.45) is 7.49. The first-order valence-electron chi connectivity index (χ1n) is 11.5.